The molecule has 0 radical (unpaired) electrons. The van der Waals surface area contributed by atoms with Crippen molar-refractivity contribution >= 4 is 5.69 Å². The third-order valence-electron chi connectivity index (χ3n) is 5.77. The predicted molar refractivity (Wildman–Crippen MR) is 108 cm³/mol. The minimum absolute atomic E-state index is 0.0111. The average molecular weight is 497 g/mol. The SMILES string of the molecule is N#CC1CCCCc2cccc(c2)C(O)(C(F)(F)F)c2nnc(o2)-c2nc1c(C(F)(F)F)cc2N. The minimum Gasteiger partial charge on any atom is -0.415 e. The number of pyridine rings is 1. The second-order valence-corrected chi connectivity index (χ2v) is 8.11. The Hall–Kier alpha value is -3.66. The third-order valence-corrected chi connectivity index (χ3v) is 5.77. The van der Waals surface area contributed by atoms with Crippen LogP contribution < -0.4 is 5.73 Å². The maximum absolute atomic E-state index is 14.1. The molecule has 0 spiro atoms. The Bertz CT molecular complexity index is 1300. The highest BCUT2D eigenvalue weighted by Gasteiger charge is 2.60. The summed E-state index contributed by atoms with van der Waals surface area (Å²) in [5, 5.41) is 27.2. The van der Waals surface area contributed by atoms with Gasteiger partial charge in [0.2, 0.25) is 0 Å². The Kier molecular flexibility index (Phi) is 5.96. The number of alkyl halides is 6. The van der Waals surface area contributed by atoms with E-state index < -0.39 is 63.9 Å². The summed E-state index contributed by atoms with van der Waals surface area (Å²) in [5.41, 5.74) is -1.13. The van der Waals surface area contributed by atoms with E-state index in [4.69, 9.17) is 10.2 Å². The van der Waals surface area contributed by atoms with Crippen molar-refractivity contribution in [3.8, 4) is 17.7 Å². The monoisotopic (exact) mass is 497 g/mol. The Labute approximate surface area is 194 Å². The van der Waals surface area contributed by atoms with Gasteiger partial charge in [-0.25, -0.2) is 4.98 Å². The van der Waals surface area contributed by atoms with Gasteiger partial charge in [0.15, 0.2) is 5.69 Å². The summed E-state index contributed by atoms with van der Waals surface area (Å²) in [4.78, 5) is 3.86. The van der Waals surface area contributed by atoms with Gasteiger partial charge in [0.05, 0.1) is 28.9 Å². The molecular formula is C22H17F6N5O2. The summed E-state index contributed by atoms with van der Waals surface area (Å²) in [7, 11) is 0. The number of nitriles is 1. The second-order valence-electron chi connectivity index (χ2n) is 8.11. The van der Waals surface area contributed by atoms with E-state index in [0.717, 1.165) is 12.1 Å². The zero-order valence-electron chi connectivity index (χ0n) is 17.8. The maximum Gasteiger partial charge on any atom is 0.430 e. The Morgan fingerprint density at radius 2 is 1.86 bits per heavy atom. The lowest BCUT2D eigenvalue weighted by atomic mass is 9.90. The molecule has 3 N–H and O–H groups in total. The Morgan fingerprint density at radius 1 is 1.11 bits per heavy atom. The molecule has 7 nitrogen and oxygen atoms in total. The van der Waals surface area contributed by atoms with Gasteiger partial charge in [-0.3, -0.25) is 0 Å². The fourth-order valence-electron chi connectivity index (χ4n) is 3.97. The first-order valence-electron chi connectivity index (χ1n) is 10.4. The second kappa shape index (κ2) is 8.53. The van der Waals surface area contributed by atoms with Crippen LogP contribution in [0.4, 0.5) is 32.0 Å². The molecule has 13 heteroatoms. The third kappa shape index (κ3) is 4.29. The molecule has 0 fully saturated rings. The molecule has 4 rings (SSSR count). The van der Waals surface area contributed by atoms with Crippen LogP contribution in [0, 0.1) is 11.3 Å². The summed E-state index contributed by atoms with van der Waals surface area (Å²) < 4.78 is 88.6. The lowest BCUT2D eigenvalue weighted by Crippen LogP contribution is -2.43. The molecule has 35 heavy (non-hydrogen) atoms. The number of hydrogen-bond acceptors (Lipinski definition) is 7. The van der Waals surface area contributed by atoms with Crippen molar-refractivity contribution in [1.82, 2.24) is 15.2 Å². The van der Waals surface area contributed by atoms with Crippen LogP contribution in [-0.2, 0) is 18.2 Å². The van der Waals surface area contributed by atoms with Gasteiger partial charge in [-0.15, -0.1) is 10.2 Å². The number of hydrogen-bond donors (Lipinski definition) is 2. The molecule has 0 amide bonds. The van der Waals surface area contributed by atoms with Crippen LogP contribution >= 0.6 is 0 Å². The topological polar surface area (TPSA) is 122 Å². The number of halogens is 6. The first-order valence-corrected chi connectivity index (χ1v) is 10.4. The Morgan fingerprint density at radius 3 is 2.51 bits per heavy atom. The van der Waals surface area contributed by atoms with Gasteiger partial charge in [-0.2, -0.15) is 31.6 Å². The van der Waals surface area contributed by atoms with Gasteiger partial charge in [0.1, 0.15) is 0 Å². The quantitative estimate of drug-likeness (QED) is 0.425. The summed E-state index contributed by atoms with van der Waals surface area (Å²) >= 11 is 0. The van der Waals surface area contributed by atoms with Crippen molar-refractivity contribution in [3.05, 3.63) is 58.6 Å². The summed E-state index contributed by atoms with van der Waals surface area (Å²) in [6, 6.07) is 7.42. The summed E-state index contributed by atoms with van der Waals surface area (Å²) in [5.74, 6) is -3.28. The molecule has 3 heterocycles. The zero-order valence-corrected chi connectivity index (χ0v) is 17.8. The standard InChI is InChI=1S/C22H17F6N5O2/c23-21(24,25)14-9-15(30)17-18-32-33-19(35-18)20(34,22(26,27)28)13-7-3-5-11(8-13)4-1-2-6-12(10-29)16(14)31-17/h3,5,7-9,12,34H,1-2,4,6,30H2. The largest absolute Gasteiger partial charge is 0.430 e. The van der Waals surface area contributed by atoms with Crippen molar-refractivity contribution in [2.75, 3.05) is 5.73 Å². The molecule has 2 atom stereocenters. The number of aromatic nitrogens is 3. The molecular weight excluding hydrogens is 480 g/mol. The van der Waals surface area contributed by atoms with Crippen LogP contribution in [0.1, 0.15) is 53.5 Å². The zero-order chi connectivity index (χ0) is 25.6. The van der Waals surface area contributed by atoms with Gasteiger partial charge >= 0.3 is 12.4 Å². The van der Waals surface area contributed by atoms with E-state index in [1.165, 1.54) is 6.07 Å². The van der Waals surface area contributed by atoms with Gasteiger partial charge in [-0.1, -0.05) is 30.7 Å². The molecule has 0 aliphatic carbocycles. The Balaban J connectivity index is 1.98. The molecule has 2 unspecified atom stereocenters. The number of nitrogen functional groups attached to an aromatic ring is 1. The normalized spacial score (nSPS) is 21.0. The highest BCUT2D eigenvalue weighted by atomic mass is 19.4. The minimum atomic E-state index is -5.29. The van der Waals surface area contributed by atoms with Crippen molar-refractivity contribution < 1.29 is 35.9 Å². The molecule has 1 aromatic carbocycles. The van der Waals surface area contributed by atoms with E-state index in [0.29, 0.717) is 18.1 Å². The van der Waals surface area contributed by atoms with E-state index in [1.807, 2.05) is 6.07 Å². The van der Waals surface area contributed by atoms with Crippen LogP contribution in [0.2, 0.25) is 0 Å². The van der Waals surface area contributed by atoms with Crippen molar-refractivity contribution in [3.63, 3.8) is 0 Å². The van der Waals surface area contributed by atoms with Gasteiger partial charge in [0.25, 0.3) is 17.4 Å². The number of aryl methyl sites for hydroxylation is 1. The van der Waals surface area contributed by atoms with Crippen LogP contribution in [0.25, 0.3) is 11.6 Å². The number of aliphatic hydroxyl groups is 1. The predicted octanol–water partition coefficient (Wildman–Crippen LogP) is 4.86. The summed E-state index contributed by atoms with van der Waals surface area (Å²) in [6.45, 7) is 0. The highest BCUT2D eigenvalue weighted by Crippen LogP contribution is 2.45. The molecule has 0 saturated carbocycles. The molecule has 3 aromatic rings. The van der Waals surface area contributed by atoms with E-state index >= 15 is 0 Å². The fourth-order valence-corrected chi connectivity index (χ4v) is 3.97. The van der Waals surface area contributed by atoms with E-state index in [2.05, 4.69) is 15.2 Å². The van der Waals surface area contributed by atoms with Gasteiger partial charge < -0.3 is 15.3 Å². The number of anilines is 1. The van der Waals surface area contributed by atoms with Crippen LogP contribution in [0.3, 0.4) is 0 Å². The number of nitrogens with two attached hydrogens (primary N) is 1. The van der Waals surface area contributed by atoms with Crippen LogP contribution in [-0.4, -0.2) is 26.5 Å². The van der Waals surface area contributed by atoms with Crippen molar-refractivity contribution in [2.24, 2.45) is 0 Å². The van der Waals surface area contributed by atoms with E-state index in [1.54, 1.807) is 6.07 Å². The maximum atomic E-state index is 14.1. The number of benzene rings is 1. The lowest BCUT2D eigenvalue weighted by molar-refractivity contribution is -0.255. The summed E-state index contributed by atoms with van der Waals surface area (Å²) in [6.07, 6.45) is -9.28. The lowest BCUT2D eigenvalue weighted by Gasteiger charge is -2.27. The van der Waals surface area contributed by atoms with Crippen molar-refractivity contribution in [1.29, 1.82) is 5.26 Å². The fraction of sp³-hybridized carbons (Fsp3) is 0.364. The average Bonchev–Trinajstić information content (AvgIpc) is 3.27. The number of nitrogens with zero attached hydrogens (tertiary/aromatic N) is 4. The molecule has 0 saturated heterocycles. The number of fused-ring (bicyclic) bond motifs is 7. The van der Waals surface area contributed by atoms with Crippen LogP contribution in [0.15, 0.2) is 34.7 Å². The molecule has 184 valence electrons. The van der Waals surface area contributed by atoms with E-state index in [-0.39, 0.29) is 19.3 Å². The van der Waals surface area contributed by atoms with Crippen molar-refractivity contribution in [2.45, 2.75) is 49.6 Å². The van der Waals surface area contributed by atoms with Gasteiger partial charge in [0, 0.05) is 5.56 Å². The molecule has 1 aliphatic heterocycles. The van der Waals surface area contributed by atoms with Gasteiger partial charge in [-0.05, 0) is 30.9 Å². The number of rotatable bonds is 0. The first-order chi connectivity index (χ1) is 16.4. The van der Waals surface area contributed by atoms with E-state index in [9.17, 15) is 36.7 Å². The highest BCUT2D eigenvalue weighted by molar-refractivity contribution is 5.68. The van der Waals surface area contributed by atoms with Crippen LogP contribution in [0.5, 0.6) is 0 Å². The molecule has 2 aromatic heterocycles. The smallest absolute Gasteiger partial charge is 0.415 e. The molecule has 1 aliphatic rings. The first kappa shape index (κ1) is 24.5. The molecule has 6 bridgehead atoms.